The number of hydrogen-bond acceptors (Lipinski definition) is 4. The minimum absolute atomic E-state index is 0.0510. The average molecular weight is 524 g/mol. The lowest BCUT2D eigenvalue weighted by atomic mass is 10.0. The third kappa shape index (κ3) is 5.74. The van der Waals surface area contributed by atoms with Crippen LogP contribution in [0.25, 0.3) is 11.1 Å². The lowest BCUT2D eigenvalue weighted by molar-refractivity contribution is -0.137. The van der Waals surface area contributed by atoms with Gasteiger partial charge in [0, 0.05) is 24.3 Å². The van der Waals surface area contributed by atoms with Gasteiger partial charge in [0.15, 0.2) is 0 Å². The molecule has 2 heterocycles. The fraction of sp³-hybridized carbons (Fsp3) is 0.310. The highest BCUT2D eigenvalue weighted by atomic mass is 19.4. The second-order valence-electron chi connectivity index (χ2n) is 9.73. The molecule has 3 aromatic carbocycles. The standard InChI is InChI=1S/C29H28F3N3O3/c1-18(35-16-23-12-13-24(17-35)38-23)27(36)34-26-15-22(11-14-25(26)29(30,31)32)33-28(37)21-9-7-20(8-10-21)19-5-3-2-4-6-19/h2-11,14-15,18,23-24H,12-13,16-17H2,1H3,(H,33,37)(H,34,36)/t18-,23?,24?/m0/s1. The predicted molar refractivity (Wildman–Crippen MR) is 139 cm³/mol. The van der Waals surface area contributed by atoms with Crippen LogP contribution >= 0.6 is 0 Å². The van der Waals surface area contributed by atoms with Crippen molar-refractivity contribution in [1.29, 1.82) is 0 Å². The van der Waals surface area contributed by atoms with Crippen molar-refractivity contribution in [3.63, 3.8) is 0 Å². The number of nitrogens with zero attached hydrogens (tertiary/aromatic N) is 1. The highest BCUT2D eigenvalue weighted by molar-refractivity contribution is 6.05. The molecule has 2 N–H and O–H groups in total. The van der Waals surface area contributed by atoms with Crippen molar-refractivity contribution in [2.75, 3.05) is 23.7 Å². The first-order valence-corrected chi connectivity index (χ1v) is 12.6. The summed E-state index contributed by atoms with van der Waals surface area (Å²) in [6.45, 7) is 2.81. The molecule has 3 aromatic rings. The first kappa shape index (κ1) is 25.9. The highest BCUT2D eigenvalue weighted by Gasteiger charge is 2.38. The summed E-state index contributed by atoms with van der Waals surface area (Å²) in [6.07, 6.45) is -2.74. The molecule has 0 saturated carbocycles. The zero-order chi connectivity index (χ0) is 26.9. The van der Waals surface area contributed by atoms with Crippen LogP contribution in [-0.2, 0) is 15.7 Å². The van der Waals surface area contributed by atoms with E-state index in [1.54, 1.807) is 19.1 Å². The number of anilines is 2. The molecule has 5 rings (SSSR count). The number of morpholine rings is 1. The van der Waals surface area contributed by atoms with Gasteiger partial charge in [-0.2, -0.15) is 13.2 Å². The number of amides is 2. The van der Waals surface area contributed by atoms with E-state index in [2.05, 4.69) is 10.6 Å². The average Bonchev–Trinajstić information content (AvgIpc) is 3.25. The number of alkyl halides is 3. The van der Waals surface area contributed by atoms with Gasteiger partial charge in [-0.3, -0.25) is 14.5 Å². The highest BCUT2D eigenvalue weighted by Crippen LogP contribution is 2.37. The Balaban J connectivity index is 1.31. The fourth-order valence-electron chi connectivity index (χ4n) is 4.99. The van der Waals surface area contributed by atoms with Crippen LogP contribution in [0, 0.1) is 0 Å². The van der Waals surface area contributed by atoms with E-state index < -0.39 is 35.3 Å². The van der Waals surface area contributed by atoms with Crippen LogP contribution in [0.4, 0.5) is 24.5 Å². The van der Waals surface area contributed by atoms with Gasteiger partial charge >= 0.3 is 6.18 Å². The van der Waals surface area contributed by atoms with Gasteiger partial charge in [-0.25, -0.2) is 0 Å². The summed E-state index contributed by atoms with van der Waals surface area (Å²) < 4.78 is 47.0. The molecule has 2 saturated heterocycles. The number of likely N-dealkylation sites (tertiary alicyclic amines) is 1. The summed E-state index contributed by atoms with van der Waals surface area (Å²) in [5.41, 5.74) is 1.05. The molecule has 0 radical (unpaired) electrons. The molecule has 2 fully saturated rings. The topological polar surface area (TPSA) is 70.7 Å². The molecule has 2 amide bonds. The van der Waals surface area contributed by atoms with Crippen molar-refractivity contribution >= 4 is 23.2 Å². The molecule has 0 spiro atoms. The van der Waals surface area contributed by atoms with Crippen LogP contribution in [0.3, 0.4) is 0 Å². The summed E-state index contributed by atoms with van der Waals surface area (Å²) in [6, 6.07) is 19.1. The smallest absolute Gasteiger partial charge is 0.372 e. The van der Waals surface area contributed by atoms with E-state index in [1.165, 1.54) is 6.07 Å². The van der Waals surface area contributed by atoms with Gasteiger partial charge in [-0.1, -0.05) is 42.5 Å². The fourth-order valence-corrected chi connectivity index (χ4v) is 4.99. The monoisotopic (exact) mass is 523 g/mol. The van der Waals surface area contributed by atoms with Crippen molar-refractivity contribution in [3.8, 4) is 11.1 Å². The molecule has 2 aliphatic rings. The number of nitrogens with one attached hydrogen (secondary N) is 2. The van der Waals surface area contributed by atoms with E-state index in [4.69, 9.17) is 4.74 Å². The zero-order valence-electron chi connectivity index (χ0n) is 20.8. The maximum absolute atomic E-state index is 13.7. The van der Waals surface area contributed by atoms with Crippen molar-refractivity contribution in [2.45, 2.75) is 44.2 Å². The van der Waals surface area contributed by atoms with Crippen LogP contribution in [-0.4, -0.2) is 48.1 Å². The van der Waals surface area contributed by atoms with E-state index in [-0.39, 0.29) is 17.9 Å². The van der Waals surface area contributed by atoms with Gasteiger partial charge in [0.25, 0.3) is 5.91 Å². The molecule has 0 aliphatic carbocycles. The number of hydrogen-bond donors (Lipinski definition) is 2. The normalized spacial score (nSPS) is 20.1. The molecule has 0 aromatic heterocycles. The van der Waals surface area contributed by atoms with Crippen molar-refractivity contribution in [2.24, 2.45) is 0 Å². The van der Waals surface area contributed by atoms with E-state index in [0.29, 0.717) is 18.7 Å². The van der Waals surface area contributed by atoms with Crippen LogP contribution in [0.15, 0.2) is 72.8 Å². The second-order valence-corrected chi connectivity index (χ2v) is 9.73. The van der Waals surface area contributed by atoms with Crippen LogP contribution in [0.1, 0.15) is 35.7 Å². The van der Waals surface area contributed by atoms with E-state index in [1.807, 2.05) is 47.4 Å². The van der Waals surface area contributed by atoms with Crippen LogP contribution in [0.5, 0.6) is 0 Å². The van der Waals surface area contributed by atoms with Gasteiger partial charge in [0.05, 0.1) is 29.5 Å². The van der Waals surface area contributed by atoms with E-state index in [0.717, 1.165) is 36.1 Å². The molecule has 2 unspecified atom stereocenters. The summed E-state index contributed by atoms with van der Waals surface area (Å²) >= 11 is 0. The zero-order valence-corrected chi connectivity index (χ0v) is 20.8. The largest absolute Gasteiger partial charge is 0.418 e. The first-order valence-electron chi connectivity index (χ1n) is 12.6. The Morgan fingerprint density at radius 3 is 2.16 bits per heavy atom. The maximum Gasteiger partial charge on any atom is 0.418 e. The molecule has 3 atom stereocenters. The van der Waals surface area contributed by atoms with Gasteiger partial charge < -0.3 is 15.4 Å². The molecule has 6 nitrogen and oxygen atoms in total. The number of rotatable bonds is 6. The van der Waals surface area contributed by atoms with Gasteiger partial charge in [0.2, 0.25) is 5.91 Å². The lowest BCUT2D eigenvalue weighted by Crippen LogP contribution is -2.51. The van der Waals surface area contributed by atoms with E-state index in [9.17, 15) is 22.8 Å². The lowest BCUT2D eigenvalue weighted by Gasteiger charge is -2.35. The van der Waals surface area contributed by atoms with E-state index >= 15 is 0 Å². The van der Waals surface area contributed by atoms with Crippen molar-refractivity contribution in [3.05, 3.63) is 83.9 Å². The number of carbonyl (C=O) groups is 2. The Bertz CT molecular complexity index is 1300. The minimum Gasteiger partial charge on any atom is -0.372 e. The van der Waals surface area contributed by atoms with Gasteiger partial charge in [-0.05, 0) is 61.2 Å². The quantitative estimate of drug-likeness (QED) is 0.428. The Morgan fingerprint density at radius 2 is 1.53 bits per heavy atom. The SMILES string of the molecule is C[C@@H](C(=O)Nc1cc(NC(=O)c2ccc(-c3ccccc3)cc2)ccc1C(F)(F)F)N1CC2CCC(C1)O2. The maximum atomic E-state index is 13.7. The molecule has 198 valence electrons. The Hall–Kier alpha value is -3.69. The molecule has 38 heavy (non-hydrogen) atoms. The van der Waals surface area contributed by atoms with Gasteiger partial charge in [0.1, 0.15) is 0 Å². The minimum atomic E-state index is -4.68. The summed E-state index contributed by atoms with van der Waals surface area (Å²) in [5.74, 6) is -1.02. The Labute approximate surface area is 218 Å². The molecule has 9 heteroatoms. The number of carbonyl (C=O) groups excluding carboxylic acids is 2. The predicted octanol–water partition coefficient (Wildman–Crippen LogP) is 5.81. The van der Waals surface area contributed by atoms with Gasteiger partial charge in [-0.15, -0.1) is 0 Å². The van der Waals surface area contributed by atoms with Crippen LogP contribution in [0.2, 0.25) is 0 Å². The van der Waals surface area contributed by atoms with Crippen molar-refractivity contribution in [1.82, 2.24) is 4.90 Å². The van der Waals surface area contributed by atoms with Crippen LogP contribution < -0.4 is 10.6 Å². The summed E-state index contributed by atoms with van der Waals surface area (Å²) in [7, 11) is 0. The molecular formula is C29H28F3N3O3. The number of halogens is 3. The van der Waals surface area contributed by atoms with Crippen molar-refractivity contribution < 1.29 is 27.5 Å². The number of ether oxygens (including phenoxy) is 1. The first-order chi connectivity index (χ1) is 18.2. The summed E-state index contributed by atoms with van der Waals surface area (Å²) in [5, 5.41) is 5.09. The molecule has 2 aliphatic heterocycles. The second kappa shape index (κ2) is 10.6. The molecule has 2 bridgehead atoms. The molecular weight excluding hydrogens is 495 g/mol. The number of fused-ring (bicyclic) bond motifs is 2. The third-order valence-corrected chi connectivity index (χ3v) is 7.09. The third-order valence-electron chi connectivity index (χ3n) is 7.09. The Kier molecular flexibility index (Phi) is 7.23. The summed E-state index contributed by atoms with van der Waals surface area (Å²) in [4.78, 5) is 27.7. The number of benzene rings is 3. The Morgan fingerprint density at radius 1 is 0.895 bits per heavy atom.